The van der Waals surface area contributed by atoms with Crippen LogP contribution >= 0.6 is 0 Å². The Morgan fingerprint density at radius 2 is 2.16 bits per heavy atom. The summed E-state index contributed by atoms with van der Waals surface area (Å²) in [6, 6.07) is 4.52. The van der Waals surface area contributed by atoms with Crippen LogP contribution in [0.4, 0.5) is 11.4 Å². The van der Waals surface area contributed by atoms with Gasteiger partial charge in [-0.25, -0.2) is 4.79 Å². The average molecular weight is 262 g/mol. The molecule has 0 bridgehead atoms. The summed E-state index contributed by atoms with van der Waals surface area (Å²) in [6.45, 7) is 1.89. The molecule has 0 saturated carbocycles. The van der Waals surface area contributed by atoms with Gasteiger partial charge in [-0.3, -0.25) is 9.59 Å². The molecule has 0 spiro atoms. The lowest BCUT2D eigenvalue weighted by molar-refractivity contribution is -0.117. The van der Waals surface area contributed by atoms with E-state index in [-0.39, 0.29) is 30.2 Å². The summed E-state index contributed by atoms with van der Waals surface area (Å²) in [4.78, 5) is 35.2. The number of rotatable bonds is 4. The van der Waals surface area contributed by atoms with Crippen LogP contribution in [0.5, 0.6) is 0 Å². The zero-order chi connectivity index (χ0) is 14.0. The van der Waals surface area contributed by atoms with Crippen molar-refractivity contribution in [1.82, 2.24) is 0 Å². The monoisotopic (exact) mass is 262 g/mol. The van der Waals surface area contributed by atoms with Crippen LogP contribution in [0.2, 0.25) is 0 Å². The number of benzene rings is 1. The van der Waals surface area contributed by atoms with Crippen LogP contribution in [0, 0.1) is 0 Å². The van der Waals surface area contributed by atoms with Gasteiger partial charge >= 0.3 is 5.97 Å². The van der Waals surface area contributed by atoms with E-state index in [1.54, 1.807) is 6.07 Å². The van der Waals surface area contributed by atoms with E-state index in [1.165, 1.54) is 24.0 Å². The summed E-state index contributed by atoms with van der Waals surface area (Å²) < 4.78 is 0. The zero-order valence-electron chi connectivity index (χ0n) is 10.5. The van der Waals surface area contributed by atoms with E-state index in [0.717, 1.165) is 0 Å². The third-order valence-electron chi connectivity index (χ3n) is 2.95. The van der Waals surface area contributed by atoms with Crippen molar-refractivity contribution in [3.8, 4) is 0 Å². The first-order chi connectivity index (χ1) is 8.99. The fourth-order valence-corrected chi connectivity index (χ4v) is 1.96. The quantitative estimate of drug-likeness (QED) is 0.849. The number of carbonyl (C=O) groups is 3. The number of anilines is 2. The standard InChI is InChI=1S/C13H14N2O4/c1-8(16)4-5-15-11-3-2-9(13(18)19)6-10(11)14-7-12(15)17/h2-3,6,14H,4-5,7H2,1H3,(H,18,19). The number of aromatic carboxylic acids is 1. The minimum atomic E-state index is -1.02. The van der Waals surface area contributed by atoms with Crippen LogP contribution in [0.25, 0.3) is 0 Å². The van der Waals surface area contributed by atoms with E-state index in [0.29, 0.717) is 17.9 Å². The topological polar surface area (TPSA) is 86.7 Å². The largest absolute Gasteiger partial charge is 0.478 e. The second-order valence-electron chi connectivity index (χ2n) is 4.39. The van der Waals surface area contributed by atoms with E-state index in [4.69, 9.17) is 5.11 Å². The fourth-order valence-electron chi connectivity index (χ4n) is 1.96. The molecule has 0 radical (unpaired) electrons. The predicted octanol–water partition coefficient (Wildman–Crippen LogP) is 1.12. The third kappa shape index (κ3) is 2.73. The van der Waals surface area contributed by atoms with Crippen LogP contribution in [0.15, 0.2) is 18.2 Å². The van der Waals surface area contributed by atoms with Gasteiger partial charge in [-0.15, -0.1) is 0 Å². The number of carbonyl (C=O) groups excluding carboxylic acids is 2. The molecule has 0 aromatic heterocycles. The Morgan fingerprint density at radius 1 is 1.42 bits per heavy atom. The molecule has 1 aliphatic heterocycles. The Hall–Kier alpha value is -2.37. The Morgan fingerprint density at radius 3 is 2.79 bits per heavy atom. The van der Waals surface area contributed by atoms with E-state index in [1.807, 2.05) is 0 Å². The molecule has 0 aliphatic carbocycles. The number of amides is 1. The van der Waals surface area contributed by atoms with Crippen molar-refractivity contribution in [1.29, 1.82) is 0 Å². The van der Waals surface area contributed by atoms with Gasteiger partial charge in [0.15, 0.2) is 0 Å². The number of carboxylic acid groups (broad SMARTS) is 1. The van der Waals surface area contributed by atoms with Gasteiger partial charge in [0.2, 0.25) is 5.91 Å². The van der Waals surface area contributed by atoms with E-state index in [9.17, 15) is 14.4 Å². The molecule has 19 heavy (non-hydrogen) atoms. The smallest absolute Gasteiger partial charge is 0.335 e. The van der Waals surface area contributed by atoms with Crippen LogP contribution in [-0.2, 0) is 9.59 Å². The minimum Gasteiger partial charge on any atom is -0.478 e. The number of ketones is 1. The number of nitrogens with zero attached hydrogens (tertiary/aromatic N) is 1. The van der Waals surface area contributed by atoms with Gasteiger partial charge in [0.1, 0.15) is 5.78 Å². The maximum atomic E-state index is 11.8. The Kier molecular flexibility index (Phi) is 3.50. The number of hydrogen-bond acceptors (Lipinski definition) is 4. The van der Waals surface area contributed by atoms with Crippen molar-refractivity contribution in [3.05, 3.63) is 23.8 Å². The lowest BCUT2D eigenvalue weighted by Gasteiger charge is -2.30. The third-order valence-corrected chi connectivity index (χ3v) is 2.95. The Labute approximate surface area is 110 Å². The van der Waals surface area contributed by atoms with Crippen LogP contribution in [0.1, 0.15) is 23.7 Å². The molecule has 1 aromatic carbocycles. The van der Waals surface area contributed by atoms with Gasteiger partial charge < -0.3 is 15.3 Å². The summed E-state index contributed by atoms with van der Waals surface area (Å²) in [5.41, 5.74) is 1.37. The van der Waals surface area contributed by atoms with Crippen molar-refractivity contribution in [2.45, 2.75) is 13.3 Å². The van der Waals surface area contributed by atoms with Crippen molar-refractivity contribution in [2.75, 3.05) is 23.3 Å². The van der Waals surface area contributed by atoms with Crippen LogP contribution < -0.4 is 10.2 Å². The molecule has 1 aliphatic rings. The average Bonchev–Trinajstić information content (AvgIpc) is 2.36. The minimum absolute atomic E-state index is 0.00930. The first-order valence-corrected chi connectivity index (χ1v) is 5.90. The van der Waals surface area contributed by atoms with Gasteiger partial charge in [0.05, 0.1) is 23.5 Å². The lowest BCUT2D eigenvalue weighted by Crippen LogP contribution is -2.41. The second-order valence-corrected chi connectivity index (χ2v) is 4.39. The first-order valence-electron chi connectivity index (χ1n) is 5.90. The maximum Gasteiger partial charge on any atom is 0.335 e. The second kappa shape index (κ2) is 5.09. The molecular weight excluding hydrogens is 248 g/mol. The number of fused-ring (bicyclic) bond motifs is 1. The van der Waals surface area contributed by atoms with Crippen molar-refractivity contribution in [3.63, 3.8) is 0 Å². The molecule has 0 unspecified atom stereocenters. The number of Topliss-reactive ketones (excluding diaryl/α,β-unsaturated/α-hetero) is 1. The van der Waals surface area contributed by atoms with Gasteiger partial charge in [-0.05, 0) is 25.1 Å². The Bertz CT molecular complexity index is 554. The number of nitrogens with one attached hydrogen (secondary N) is 1. The predicted molar refractivity (Wildman–Crippen MR) is 69.5 cm³/mol. The molecule has 0 atom stereocenters. The van der Waals surface area contributed by atoms with E-state index >= 15 is 0 Å². The lowest BCUT2D eigenvalue weighted by atomic mass is 10.1. The SMILES string of the molecule is CC(=O)CCN1C(=O)CNc2cc(C(=O)O)ccc21. The van der Waals surface area contributed by atoms with E-state index < -0.39 is 5.97 Å². The Balaban J connectivity index is 2.31. The molecule has 2 rings (SSSR count). The maximum absolute atomic E-state index is 11.8. The molecule has 1 aromatic rings. The van der Waals surface area contributed by atoms with Crippen molar-refractivity contribution in [2.24, 2.45) is 0 Å². The highest BCUT2D eigenvalue weighted by molar-refractivity contribution is 6.04. The van der Waals surface area contributed by atoms with Gasteiger partial charge in [0, 0.05) is 13.0 Å². The highest BCUT2D eigenvalue weighted by Crippen LogP contribution is 2.30. The summed E-state index contributed by atoms with van der Waals surface area (Å²) in [6.07, 6.45) is 0.284. The summed E-state index contributed by atoms with van der Waals surface area (Å²) in [5.74, 6) is -1.14. The highest BCUT2D eigenvalue weighted by atomic mass is 16.4. The van der Waals surface area contributed by atoms with Crippen LogP contribution in [0.3, 0.4) is 0 Å². The zero-order valence-corrected chi connectivity index (χ0v) is 10.5. The molecular formula is C13H14N2O4. The molecule has 0 saturated heterocycles. The molecule has 100 valence electrons. The number of hydrogen-bond donors (Lipinski definition) is 2. The summed E-state index contributed by atoms with van der Waals surface area (Å²) >= 11 is 0. The van der Waals surface area contributed by atoms with Crippen molar-refractivity contribution < 1.29 is 19.5 Å². The number of carboxylic acids is 1. The van der Waals surface area contributed by atoms with Crippen LogP contribution in [-0.4, -0.2) is 35.9 Å². The summed E-state index contributed by atoms with van der Waals surface area (Å²) in [5, 5.41) is 11.8. The van der Waals surface area contributed by atoms with Gasteiger partial charge in [-0.1, -0.05) is 0 Å². The fraction of sp³-hybridized carbons (Fsp3) is 0.308. The molecule has 2 N–H and O–H groups in total. The normalized spacial score (nSPS) is 13.7. The molecule has 6 heteroatoms. The van der Waals surface area contributed by atoms with E-state index in [2.05, 4.69) is 5.32 Å². The molecule has 1 amide bonds. The van der Waals surface area contributed by atoms with Gasteiger partial charge in [0.25, 0.3) is 0 Å². The summed E-state index contributed by atoms with van der Waals surface area (Å²) in [7, 11) is 0. The molecule has 1 heterocycles. The molecule has 6 nitrogen and oxygen atoms in total. The first kappa shape index (κ1) is 13.1. The molecule has 0 fully saturated rings. The van der Waals surface area contributed by atoms with Crippen molar-refractivity contribution >= 4 is 29.0 Å². The highest BCUT2D eigenvalue weighted by Gasteiger charge is 2.24. The van der Waals surface area contributed by atoms with Gasteiger partial charge in [-0.2, -0.15) is 0 Å².